The average Bonchev–Trinajstić information content (AvgIpc) is 2.58. The molecule has 0 aromatic heterocycles. The lowest BCUT2D eigenvalue weighted by atomic mass is 9.82. The van der Waals surface area contributed by atoms with Crippen LogP contribution < -0.4 is 0 Å². The number of likely N-dealkylation sites (tertiary alicyclic amines) is 1. The first-order valence-electron chi connectivity index (χ1n) is 7.95. The topological polar surface area (TPSA) is 29.5 Å². The van der Waals surface area contributed by atoms with E-state index in [1.165, 1.54) is 0 Å². The van der Waals surface area contributed by atoms with Crippen molar-refractivity contribution < 1.29 is 9.53 Å². The number of fused-ring (bicyclic) bond motifs is 3. The molecule has 2 heterocycles. The van der Waals surface area contributed by atoms with Crippen molar-refractivity contribution in [3.63, 3.8) is 0 Å². The first kappa shape index (κ1) is 14.7. The lowest BCUT2D eigenvalue weighted by Gasteiger charge is -2.41. The van der Waals surface area contributed by atoms with Gasteiger partial charge in [-0.1, -0.05) is 54.1 Å². The predicted molar refractivity (Wildman–Crippen MR) is 89.2 cm³/mol. The summed E-state index contributed by atoms with van der Waals surface area (Å²) in [6.45, 7) is 1.89. The summed E-state index contributed by atoms with van der Waals surface area (Å²) >= 11 is 6.28. The Hall–Kier alpha value is -1.84. The van der Waals surface area contributed by atoms with E-state index in [2.05, 4.69) is 12.1 Å². The van der Waals surface area contributed by atoms with Crippen LogP contribution in [0, 0.1) is 0 Å². The van der Waals surface area contributed by atoms with Crippen LogP contribution in [0.4, 0.5) is 0 Å². The van der Waals surface area contributed by atoms with Crippen molar-refractivity contribution in [2.24, 2.45) is 0 Å². The van der Waals surface area contributed by atoms with Crippen LogP contribution in [0.15, 0.2) is 48.5 Å². The molecule has 2 aliphatic rings. The van der Waals surface area contributed by atoms with Crippen LogP contribution in [0.5, 0.6) is 0 Å². The van der Waals surface area contributed by atoms with Crippen LogP contribution in [0.1, 0.15) is 29.0 Å². The Morgan fingerprint density at radius 3 is 2.78 bits per heavy atom. The quantitative estimate of drug-likeness (QED) is 0.840. The van der Waals surface area contributed by atoms with Gasteiger partial charge in [0.05, 0.1) is 18.6 Å². The summed E-state index contributed by atoms with van der Waals surface area (Å²) in [5.41, 5.74) is 3.16. The number of piperidine rings is 1. The van der Waals surface area contributed by atoms with E-state index in [1.54, 1.807) is 0 Å². The van der Waals surface area contributed by atoms with Crippen molar-refractivity contribution in [2.45, 2.75) is 31.6 Å². The molecular formula is C19H18ClNO2. The normalized spacial score (nSPS) is 23.3. The number of nitrogens with zero attached hydrogens (tertiary/aromatic N) is 1. The van der Waals surface area contributed by atoms with E-state index in [1.807, 2.05) is 41.3 Å². The number of carbonyl (C=O) groups excluding carboxylic acids is 1. The standard InChI is InChI=1S/C19H18ClNO2/c20-16-8-4-7-14-15(16)12-23-17-9-10-21(19(22)18(14)17)11-13-5-2-1-3-6-13/h1-8,17-18H,9-12H2/t17-,18-/m0/s1. The summed E-state index contributed by atoms with van der Waals surface area (Å²) in [6, 6.07) is 15.9. The number of benzene rings is 2. The van der Waals surface area contributed by atoms with Crippen molar-refractivity contribution in [3.8, 4) is 0 Å². The second-order valence-electron chi connectivity index (χ2n) is 6.17. The Labute approximate surface area is 140 Å². The molecule has 2 aromatic carbocycles. The van der Waals surface area contributed by atoms with Crippen LogP contribution in [-0.4, -0.2) is 23.5 Å². The zero-order chi connectivity index (χ0) is 15.8. The third kappa shape index (κ3) is 2.64. The molecule has 0 saturated carbocycles. The highest BCUT2D eigenvalue weighted by Crippen LogP contribution is 2.39. The molecule has 0 N–H and O–H groups in total. The van der Waals surface area contributed by atoms with Gasteiger partial charge >= 0.3 is 0 Å². The van der Waals surface area contributed by atoms with Gasteiger partial charge in [-0.2, -0.15) is 0 Å². The van der Waals surface area contributed by atoms with E-state index < -0.39 is 0 Å². The summed E-state index contributed by atoms with van der Waals surface area (Å²) in [4.78, 5) is 15.0. The van der Waals surface area contributed by atoms with Crippen LogP contribution in [0.3, 0.4) is 0 Å². The molecule has 0 spiro atoms. The van der Waals surface area contributed by atoms with E-state index in [0.29, 0.717) is 18.2 Å². The molecule has 4 rings (SSSR count). The van der Waals surface area contributed by atoms with Crippen LogP contribution >= 0.6 is 11.6 Å². The first-order valence-corrected chi connectivity index (χ1v) is 8.33. The van der Waals surface area contributed by atoms with Gasteiger partial charge in [0, 0.05) is 23.7 Å². The molecule has 3 nitrogen and oxygen atoms in total. The summed E-state index contributed by atoms with van der Waals surface area (Å²) < 4.78 is 5.93. The van der Waals surface area contributed by atoms with Crippen LogP contribution in [0.2, 0.25) is 5.02 Å². The van der Waals surface area contributed by atoms with Crippen LogP contribution in [-0.2, 0) is 22.7 Å². The third-order valence-electron chi connectivity index (χ3n) is 4.78. The minimum Gasteiger partial charge on any atom is -0.372 e. The van der Waals surface area contributed by atoms with Crippen molar-refractivity contribution in [1.29, 1.82) is 0 Å². The number of ether oxygens (including phenoxy) is 1. The van der Waals surface area contributed by atoms with E-state index in [4.69, 9.17) is 16.3 Å². The van der Waals surface area contributed by atoms with Gasteiger partial charge in [-0.3, -0.25) is 4.79 Å². The molecule has 1 saturated heterocycles. The zero-order valence-electron chi connectivity index (χ0n) is 12.7. The van der Waals surface area contributed by atoms with E-state index in [0.717, 1.165) is 29.7 Å². The highest BCUT2D eigenvalue weighted by Gasteiger charge is 2.42. The number of halogens is 1. The number of carbonyl (C=O) groups is 1. The van der Waals surface area contributed by atoms with Crippen LogP contribution in [0.25, 0.3) is 0 Å². The SMILES string of the molecule is O=C1[C@H]2c3cccc(Cl)c3CO[C@H]2CCN1Cc1ccccc1. The molecule has 0 bridgehead atoms. The number of hydrogen-bond acceptors (Lipinski definition) is 2. The third-order valence-corrected chi connectivity index (χ3v) is 5.14. The Morgan fingerprint density at radius 2 is 1.96 bits per heavy atom. The van der Waals surface area contributed by atoms with E-state index >= 15 is 0 Å². The minimum atomic E-state index is -0.227. The predicted octanol–water partition coefficient (Wildman–Crippen LogP) is 3.75. The number of hydrogen-bond donors (Lipinski definition) is 0. The maximum Gasteiger partial charge on any atom is 0.233 e. The second kappa shape index (κ2) is 5.99. The summed E-state index contributed by atoms with van der Waals surface area (Å²) in [5, 5.41) is 0.689. The van der Waals surface area contributed by atoms with Gasteiger partial charge in [-0.15, -0.1) is 0 Å². The van der Waals surface area contributed by atoms with Gasteiger partial charge in [0.1, 0.15) is 0 Å². The molecule has 2 atom stereocenters. The van der Waals surface area contributed by atoms with Gasteiger partial charge in [0.2, 0.25) is 5.91 Å². The van der Waals surface area contributed by atoms with Crippen molar-refractivity contribution in [2.75, 3.05) is 6.54 Å². The fourth-order valence-corrected chi connectivity index (χ4v) is 3.84. The molecule has 118 valence electrons. The Balaban J connectivity index is 1.64. The first-order chi connectivity index (χ1) is 11.2. The van der Waals surface area contributed by atoms with Crippen molar-refractivity contribution >= 4 is 17.5 Å². The lowest BCUT2D eigenvalue weighted by Crippen LogP contribution is -2.48. The fourth-order valence-electron chi connectivity index (χ4n) is 3.60. The molecule has 2 aromatic rings. The molecule has 23 heavy (non-hydrogen) atoms. The second-order valence-corrected chi connectivity index (χ2v) is 6.58. The maximum absolute atomic E-state index is 13.0. The summed E-state index contributed by atoms with van der Waals surface area (Å²) in [7, 11) is 0. The van der Waals surface area contributed by atoms with Gasteiger partial charge in [0.15, 0.2) is 0 Å². The fraction of sp³-hybridized carbons (Fsp3) is 0.316. The van der Waals surface area contributed by atoms with Gasteiger partial charge < -0.3 is 9.64 Å². The monoisotopic (exact) mass is 327 g/mol. The van der Waals surface area contributed by atoms with Gasteiger partial charge in [0.25, 0.3) is 0 Å². The molecule has 1 amide bonds. The number of amides is 1. The molecular weight excluding hydrogens is 310 g/mol. The maximum atomic E-state index is 13.0. The van der Waals surface area contributed by atoms with Crippen molar-refractivity contribution in [3.05, 3.63) is 70.2 Å². The highest BCUT2D eigenvalue weighted by molar-refractivity contribution is 6.31. The minimum absolute atomic E-state index is 0.0273. The number of rotatable bonds is 2. The summed E-state index contributed by atoms with van der Waals surface area (Å²) in [6.07, 6.45) is 0.843. The molecule has 1 fully saturated rings. The highest BCUT2D eigenvalue weighted by atomic mass is 35.5. The Morgan fingerprint density at radius 1 is 1.13 bits per heavy atom. The lowest BCUT2D eigenvalue weighted by molar-refractivity contribution is -0.145. The molecule has 4 heteroatoms. The average molecular weight is 328 g/mol. The largest absolute Gasteiger partial charge is 0.372 e. The summed E-state index contributed by atoms with van der Waals surface area (Å²) in [5.74, 6) is -0.0803. The molecule has 2 aliphatic heterocycles. The molecule has 0 unspecified atom stereocenters. The van der Waals surface area contributed by atoms with E-state index in [-0.39, 0.29) is 17.9 Å². The Bertz CT molecular complexity index is 731. The van der Waals surface area contributed by atoms with Gasteiger partial charge in [-0.05, 0) is 23.6 Å². The molecule has 0 radical (unpaired) electrons. The zero-order valence-corrected chi connectivity index (χ0v) is 13.5. The van der Waals surface area contributed by atoms with Gasteiger partial charge in [-0.25, -0.2) is 0 Å². The smallest absolute Gasteiger partial charge is 0.233 e. The Kier molecular flexibility index (Phi) is 3.83. The van der Waals surface area contributed by atoms with Crippen molar-refractivity contribution in [1.82, 2.24) is 4.90 Å². The van der Waals surface area contributed by atoms with E-state index in [9.17, 15) is 4.79 Å². The molecule has 0 aliphatic carbocycles.